The van der Waals surface area contributed by atoms with Gasteiger partial charge in [-0.15, -0.1) is 0 Å². The molecule has 0 saturated carbocycles. The van der Waals surface area contributed by atoms with Gasteiger partial charge < -0.3 is 0 Å². The summed E-state index contributed by atoms with van der Waals surface area (Å²) in [6.07, 6.45) is 0. The van der Waals surface area contributed by atoms with Crippen LogP contribution in [0.15, 0.2) is 36.9 Å². The summed E-state index contributed by atoms with van der Waals surface area (Å²) in [5.41, 5.74) is -1.35. The summed E-state index contributed by atoms with van der Waals surface area (Å²) in [6, 6.07) is 5.49. The van der Waals surface area contributed by atoms with Crippen LogP contribution in [-0.4, -0.2) is 5.78 Å². The maximum absolute atomic E-state index is 13.8. The Kier molecular flexibility index (Phi) is 3.93. The largest absolute Gasteiger partial charge is 0.288 e. The number of Topliss-reactive ketones (excluding diaryl/α,β-unsaturated/α-hetero) is 1. The van der Waals surface area contributed by atoms with Crippen molar-refractivity contribution in [1.29, 1.82) is 0 Å². The molecule has 0 radical (unpaired) electrons. The van der Waals surface area contributed by atoms with Crippen molar-refractivity contribution in [1.82, 2.24) is 0 Å². The fourth-order valence-corrected chi connectivity index (χ4v) is 1.84. The average Bonchev–Trinajstić information content (AvgIpc) is 2.46. The van der Waals surface area contributed by atoms with Crippen LogP contribution in [0.2, 0.25) is 0 Å². The molecule has 0 N–H and O–H groups in total. The number of benzene rings is 2. The molecule has 0 amide bonds. The Bertz CT molecular complexity index is 750. The highest BCUT2D eigenvalue weighted by atomic mass is 19.2. The number of ketones is 1. The molecule has 0 unspecified atom stereocenters. The Balaban J connectivity index is 2.48. The van der Waals surface area contributed by atoms with Crippen LogP contribution in [0.5, 0.6) is 0 Å². The smallest absolute Gasteiger partial charge is 0.196 e. The summed E-state index contributed by atoms with van der Waals surface area (Å²) in [6.45, 7) is 4.72. The van der Waals surface area contributed by atoms with Crippen molar-refractivity contribution in [2.24, 2.45) is 0 Å². The number of aryl methyl sites for hydroxylation is 1. The van der Waals surface area contributed by atoms with E-state index in [2.05, 4.69) is 6.58 Å². The highest BCUT2D eigenvalue weighted by Gasteiger charge is 2.22. The van der Waals surface area contributed by atoms with E-state index in [1.807, 2.05) is 0 Å². The third-order valence-corrected chi connectivity index (χ3v) is 3.07. The maximum Gasteiger partial charge on any atom is 0.196 e. The summed E-state index contributed by atoms with van der Waals surface area (Å²) >= 11 is 0. The van der Waals surface area contributed by atoms with Crippen molar-refractivity contribution in [3.8, 4) is 0 Å². The van der Waals surface area contributed by atoms with Crippen LogP contribution in [0.1, 0.15) is 21.5 Å². The van der Waals surface area contributed by atoms with E-state index >= 15 is 0 Å². The van der Waals surface area contributed by atoms with Crippen LogP contribution < -0.4 is 0 Å². The number of hydrogen-bond acceptors (Lipinski definition) is 1. The second kappa shape index (κ2) is 5.52. The summed E-state index contributed by atoms with van der Waals surface area (Å²) in [7, 11) is 0. The van der Waals surface area contributed by atoms with Crippen LogP contribution in [0.3, 0.4) is 0 Å². The van der Waals surface area contributed by atoms with E-state index in [1.165, 1.54) is 19.1 Å². The highest BCUT2D eigenvalue weighted by molar-refractivity contribution is 6.28. The summed E-state index contributed by atoms with van der Waals surface area (Å²) < 4.78 is 54.0. The van der Waals surface area contributed by atoms with E-state index in [9.17, 15) is 22.4 Å². The molecule has 0 aliphatic heterocycles. The highest BCUT2D eigenvalue weighted by Crippen LogP contribution is 2.25. The molecule has 5 heteroatoms. The average molecular weight is 294 g/mol. The summed E-state index contributed by atoms with van der Waals surface area (Å²) in [5.74, 6) is -5.92. The number of allylic oxidation sites excluding steroid dienone is 1. The zero-order valence-electron chi connectivity index (χ0n) is 11.0. The lowest BCUT2D eigenvalue weighted by atomic mass is 9.96. The molecular weight excluding hydrogens is 284 g/mol. The molecule has 108 valence electrons. The lowest BCUT2D eigenvalue weighted by Gasteiger charge is -2.09. The fourth-order valence-electron chi connectivity index (χ4n) is 1.84. The molecule has 21 heavy (non-hydrogen) atoms. The van der Waals surface area contributed by atoms with Gasteiger partial charge in [-0.3, -0.25) is 4.79 Å². The lowest BCUT2D eigenvalue weighted by Crippen LogP contribution is -2.08. The first-order chi connectivity index (χ1) is 9.84. The monoisotopic (exact) mass is 294 g/mol. The molecule has 2 rings (SSSR count). The van der Waals surface area contributed by atoms with Crippen molar-refractivity contribution in [2.75, 3.05) is 0 Å². The summed E-state index contributed by atoms with van der Waals surface area (Å²) in [4.78, 5) is 12.1. The molecule has 1 nitrogen and oxygen atoms in total. The van der Waals surface area contributed by atoms with E-state index in [0.717, 1.165) is 18.2 Å². The van der Waals surface area contributed by atoms with Gasteiger partial charge in [0.05, 0.1) is 5.56 Å². The van der Waals surface area contributed by atoms with Crippen LogP contribution in [0.25, 0.3) is 5.57 Å². The van der Waals surface area contributed by atoms with Crippen LogP contribution in [0.4, 0.5) is 17.6 Å². The second-order valence-corrected chi connectivity index (χ2v) is 4.47. The van der Waals surface area contributed by atoms with Crippen LogP contribution >= 0.6 is 0 Å². The van der Waals surface area contributed by atoms with Gasteiger partial charge in [0.15, 0.2) is 29.1 Å². The van der Waals surface area contributed by atoms with Crippen LogP contribution in [0, 0.1) is 30.2 Å². The molecule has 0 aliphatic rings. The number of carbonyl (C=O) groups excluding carboxylic acids is 1. The van der Waals surface area contributed by atoms with Crippen molar-refractivity contribution < 1.29 is 22.4 Å². The number of hydrogen-bond donors (Lipinski definition) is 0. The normalized spacial score (nSPS) is 10.5. The van der Waals surface area contributed by atoms with E-state index in [-0.39, 0.29) is 11.1 Å². The summed E-state index contributed by atoms with van der Waals surface area (Å²) in [5, 5.41) is 0. The van der Waals surface area contributed by atoms with E-state index in [1.54, 1.807) is 0 Å². The van der Waals surface area contributed by atoms with Crippen molar-refractivity contribution in [2.45, 2.75) is 6.92 Å². The molecule has 0 saturated heterocycles. The number of halogens is 4. The molecule has 0 fully saturated rings. The molecule has 0 heterocycles. The van der Waals surface area contributed by atoms with Gasteiger partial charge in [0.2, 0.25) is 0 Å². The standard InChI is InChI=1S/C16H10F4O/c1-8-6-7-10(15(20)13(8)18)9(2)16(21)11-4-3-5-12(17)14(11)19/h3-7H,2H2,1H3. The van der Waals surface area contributed by atoms with Gasteiger partial charge in [-0.2, -0.15) is 0 Å². The van der Waals surface area contributed by atoms with Gasteiger partial charge in [-0.25, -0.2) is 17.6 Å². The quantitative estimate of drug-likeness (QED) is 0.464. The van der Waals surface area contributed by atoms with Gasteiger partial charge in [0.25, 0.3) is 0 Å². The topological polar surface area (TPSA) is 17.1 Å². The first-order valence-electron chi connectivity index (χ1n) is 5.97. The Morgan fingerprint density at radius 1 is 0.905 bits per heavy atom. The third-order valence-electron chi connectivity index (χ3n) is 3.07. The number of carbonyl (C=O) groups is 1. The molecule has 2 aromatic rings. The van der Waals surface area contributed by atoms with E-state index < -0.39 is 40.2 Å². The van der Waals surface area contributed by atoms with Gasteiger partial charge in [-0.05, 0) is 24.6 Å². The molecule has 0 aliphatic carbocycles. The molecule has 2 aromatic carbocycles. The van der Waals surface area contributed by atoms with Crippen LogP contribution in [-0.2, 0) is 0 Å². The first kappa shape index (κ1) is 15.0. The first-order valence-corrected chi connectivity index (χ1v) is 5.97. The van der Waals surface area contributed by atoms with Gasteiger partial charge in [0.1, 0.15) is 0 Å². The Labute approximate surface area is 118 Å². The predicted molar refractivity (Wildman–Crippen MR) is 70.8 cm³/mol. The van der Waals surface area contributed by atoms with Gasteiger partial charge in [-0.1, -0.05) is 24.8 Å². The molecule has 0 spiro atoms. The molecule has 0 bridgehead atoms. The van der Waals surface area contributed by atoms with Gasteiger partial charge in [0, 0.05) is 11.1 Å². The third kappa shape index (κ3) is 2.59. The minimum atomic E-state index is -1.35. The fraction of sp³-hybridized carbons (Fsp3) is 0.0625. The van der Waals surface area contributed by atoms with Gasteiger partial charge >= 0.3 is 0 Å². The van der Waals surface area contributed by atoms with Crippen molar-refractivity contribution in [3.05, 3.63) is 76.9 Å². The lowest BCUT2D eigenvalue weighted by molar-refractivity contribution is 0.105. The second-order valence-electron chi connectivity index (χ2n) is 4.47. The minimum Gasteiger partial charge on any atom is -0.288 e. The van der Waals surface area contributed by atoms with Crippen molar-refractivity contribution in [3.63, 3.8) is 0 Å². The SMILES string of the molecule is C=C(C(=O)c1cccc(F)c1F)c1ccc(C)c(F)c1F. The molecule has 0 atom stereocenters. The molecule has 0 aromatic heterocycles. The molecular formula is C16H10F4O. The predicted octanol–water partition coefficient (Wildman–Crippen LogP) is 4.45. The Morgan fingerprint density at radius 3 is 2.24 bits per heavy atom. The Hall–Kier alpha value is -2.43. The van der Waals surface area contributed by atoms with E-state index in [4.69, 9.17) is 0 Å². The minimum absolute atomic E-state index is 0.0634. The zero-order valence-corrected chi connectivity index (χ0v) is 11.0. The number of rotatable bonds is 3. The van der Waals surface area contributed by atoms with Crippen molar-refractivity contribution >= 4 is 11.4 Å². The zero-order chi connectivity index (χ0) is 15.7. The van der Waals surface area contributed by atoms with E-state index in [0.29, 0.717) is 0 Å². The Morgan fingerprint density at radius 2 is 1.57 bits per heavy atom. The maximum atomic E-state index is 13.8.